The van der Waals surface area contributed by atoms with Gasteiger partial charge in [-0.3, -0.25) is 0 Å². The van der Waals surface area contributed by atoms with Gasteiger partial charge < -0.3 is 14.1 Å². The molecular formula is C36H23N2O2+. The molecule has 0 saturated carbocycles. The van der Waals surface area contributed by atoms with E-state index >= 15 is 0 Å². The van der Waals surface area contributed by atoms with Crippen molar-refractivity contribution in [2.75, 3.05) is 4.90 Å². The van der Waals surface area contributed by atoms with Crippen LogP contribution in [0.15, 0.2) is 154 Å². The molecule has 0 fully saturated rings. The Hall–Kier alpha value is -5.09. The molecule has 40 heavy (non-hydrogen) atoms. The van der Waals surface area contributed by atoms with Crippen molar-refractivity contribution in [1.82, 2.24) is 4.58 Å². The van der Waals surface area contributed by atoms with E-state index in [2.05, 4.69) is 113 Å². The molecule has 0 bridgehead atoms. The number of hydrogen-bond donors (Lipinski definition) is 0. The number of benzene rings is 3. The number of anilines is 1. The topological polar surface area (TPSA) is 28.6 Å². The van der Waals surface area contributed by atoms with Crippen LogP contribution < -0.4 is 9.48 Å². The first kappa shape index (κ1) is 20.8. The zero-order valence-electron chi connectivity index (χ0n) is 21.5. The largest absolute Gasteiger partial charge is 0.481 e. The summed E-state index contributed by atoms with van der Waals surface area (Å²) < 4.78 is 15.0. The van der Waals surface area contributed by atoms with Gasteiger partial charge >= 0.3 is 0 Å². The zero-order valence-corrected chi connectivity index (χ0v) is 21.5. The van der Waals surface area contributed by atoms with E-state index in [1.165, 1.54) is 45.1 Å². The van der Waals surface area contributed by atoms with Crippen LogP contribution in [-0.4, -0.2) is 17.9 Å². The van der Waals surface area contributed by atoms with Crippen LogP contribution >= 0.6 is 0 Å². The first-order chi connectivity index (χ1) is 19.8. The summed E-state index contributed by atoms with van der Waals surface area (Å²) in [7, 11) is 0. The van der Waals surface area contributed by atoms with Crippen LogP contribution in [0.25, 0.3) is 21.9 Å². The van der Waals surface area contributed by atoms with Gasteiger partial charge in [0.2, 0.25) is 17.1 Å². The second-order valence-electron chi connectivity index (χ2n) is 11.0. The minimum Gasteiger partial charge on any atom is -0.481 e. The quantitative estimate of drug-likeness (QED) is 0.241. The van der Waals surface area contributed by atoms with Crippen molar-refractivity contribution >= 4 is 44.7 Å². The maximum Gasteiger partial charge on any atom is 0.235 e. The van der Waals surface area contributed by atoms with Crippen LogP contribution in [0.5, 0.6) is 0 Å². The normalized spacial score (nSPS) is 23.2. The van der Waals surface area contributed by atoms with E-state index in [0.717, 1.165) is 39.8 Å². The number of rotatable bonds is 1. The smallest absolute Gasteiger partial charge is 0.235 e. The van der Waals surface area contributed by atoms with Crippen LogP contribution in [0.3, 0.4) is 0 Å². The Kier molecular flexibility index (Phi) is 3.80. The van der Waals surface area contributed by atoms with Crippen molar-refractivity contribution in [1.29, 1.82) is 0 Å². The molecule has 1 aromatic heterocycles. The van der Waals surface area contributed by atoms with Crippen molar-refractivity contribution in [2.45, 2.75) is 18.6 Å². The Morgan fingerprint density at radius 2 is 1.75 bits per heavy atom. The van der Waals surface area contributed by atoms with Gasteiger partial charge in [-0.2, -0.15) is 4.58 Å². The van der Waals surface area contributed by atoms with E-state index in [1.54, 1.807) is 0 Å². The number of ether oxygens (including phenoxy) is 1. The lowest BCUT2D eigenvalue weighted by Crippen LogP contribution is -2.45. The van der Waals surface area contributed by atoms with Crippen LogP contribution in [0.1, 0.15) is 6.42 Å². The fourth-order valence-corrected chi connectivity index (χ4v) is 7.38. The molecule has 188 valence electrons. The first-order valence-electron chi connectivity index (χ1n) is 13.9. The number of fused-ring (bicyclic) bond motifs is 9. The van der Waals surface area contributed by atoms with Crippen molar-refractivity contribution < 1.29 is 9.15 Å². The summed E-state index contributed by atoms with van der Waals surface area (Å²) in [5, 5.41) is 2.28. The second kappa shape index (κ2) is 7.30. The molecule has 2 unspecified atom stereocenters. The molecule has 3 aliphatic heterocycles. The van der Waals surface area contributed by atoms with E-state index in [0.29, 0.717) is 0 Å². The second-order valence-corrected chi connectivity index (χ2v) is 11.0. The monoisotopic (exact) mass is 515 g/mol. The molecule has 3 aliphatic carbocycles. The summed E-state index contributed by atoms with van der Waals surface area (Å²) >= 11 is 0. The predicted octanol–water partition coefficient (Wildman–Crippen LogP) is 7.92. The molecule has 6 aliphatic rings. The molecule has 4 heterocycles. The molecular weight excluding hydrogens is 492 g/mol. The number of hydrogen-bond acceptors (Lipinski definition) is 3. The fraction of sp³-hybridized carbons (Fsp3) is 0.0833. The first-order valence-corrected chi connectivity index (χ1v) is 13.9. The summed E-state index contributed by atoms with van der Waals surface area (Å²) in [4.78, 5) is 2.58. The van der Waals surface area contributed by atoms with Crippen molar-refractivity contribution in [3.8, 4) is 0 Å². The summed E-state index contributed by atoms with van der Waals surface area (Å²) in [6.45, 7) is 0. The predicted molar refractivity (Wildman–Crippen MR) is 160 cm³/mol. The van der Waals surface area contributed by atoms with E-state index in [4.69, 9.17) is 9.15 Å². The molecule has 0 amide bonds. The third kappa shape index (κ3) is 2.54. The van der Waals surface area contributed by atoms with Crippen LogP contribution in [0, 0.1) is 0 Å². The number of allylic oxidation sites excluding steroid dienone is 7. The number of furan rings is 1. The summed E-state index contributed by atoms with van der Waals surface area (Å²) in [5.74, 6) is 1.02. The minimum atomic E-state index is 0.0301. The fourth-order valence-electron chi connectivity index (χ4n) is 7.38. The molecule has 0 spiro atoms. The highest BCUT2D eigenvalue weighted by Gasteiger charge is 2.51. The molecule has 0 N–H and O–H groups in total. The van der Waals surface area contributed by atoms with Gasteiger partial charge in [-0.1, -0.05) is 60.7 Å². The van der Waals surface area contributed by atoms with Crippen LogP contribution in [0.4, 0.5) is 17.1 Å². The average Bonchev–Trinajstić information content (AvgIpc) is 3.66. The standard InChI is InChI=1S/C36H23N2O2/c1-5-14-32-22(8-1)26-18-21(16-17-34(26)39-32)37-28-11-3-4-12-29(28)38-31-19-27-23-9-2-6-15-33(23)40-35(27)20-25(31)24-10-7-13-30(37)36(24)38/h1-18,20,33,36H,19H2/q+1. The van der Waals surface area contributed by atoms with Gasteiger partial charge in [0, 0.05) is 63.9 Å². The summed E-state index contributed by atoms with van der Waals surface area (Å²) in [6.07, 6.45) is 18.5. The lowest BCUT2D eigenvalue weighted by atomic mass is 9.88. The SMILES string of the molecule is C1=CC2=C3CC4=C(C=C3OC2C=C1)C1=CC=CC2=[N+](c3ccc5oc6ccccc6c5c3)c3ccccc3N4C12. The molecule has 4 nitrogen and oxygen atoms in total. The Morgan fingerprint density at radius 1 is 0.850 bits per heavy atom. The molecule has 3 aromatic carbocycles. The van der Waals surface area contributed by atoms with Gasteiger partial charge in [0.05, 0.1) is 0 Å². The van der Waals surface area contributed by atoms with Crippen LogP contribution in [0.2, 0.25) is 0 Å². The molecule has 0 radical (unpaired) electrons. The lowest BCUT2D eigenvalue weighted by Gasteiger charge is -2.34. The van der Waals surface area contributed by atoms with Gasteiger partial charge in [-0.15, -0.1) is 0 Å². The number of para-hydroxylation sites is 3. The third-order valence-electron chi connectivity index (χ3n) is 9.05. The Balaban J connectivity index is 1.20. The molecule has 0 saturated heterocycles. The van der Waals surface area contributed by atoms with Gasteiger partial charge in [0.1, 0.15) is 34.8 Å². The minimum absolute atomic E-state index is 0.0301. The van der Waals surface area contributed by atoms with Crippen molar-refractivity contribution in [3.63, 3.8) is 0 Å². The molecule has 4 heteroatoms. The van der Waals surface area contributed by atoms with Crippen LogP contribution in [-0.2, 0) is 4.74 Å². The molecule has 4 aromatic rings. The third-order valence-corrected chi connectivity index (χ3v) is 9.05. The molecule has 10 rings (SSSR count). The van der Waals surface area contributed by atoms with Gasteiger partial charge in [0.15, 0.2) is 0 Å². The van der Waals surface area contributed by atoms with Gasteiger partial charge in [-0.05, 0) is 35.9 Å². The highest BCUT2D eigenvalue weighted by molar-refractivity contribution is 6.14. The highest BCUT2D eigenvalue weighted by atomic mass is 16.5. The number of nitrogens with zero attached hydrogens (tertiary/aromatic N) is 2. The lowest BCUT2D eigenvalue weighted by molar-refractivity contribution is 0.212. The van der Waals surface area contributed by atoms with E-state index in [-0.39, 0.29) is 12.1 Å². The molecule has 2 atom stereocenters. The van der Waals surface area contributed by atoms with E-state index in [1.807, 2.05) is 12.1 Å². The Labute approximate surface area is 230 Å². The maximum absolute atomic E-state index is 6.42. The highest BCUT2D eigenvalue weighted by Crippen LogP contribution is 2.53. The maximum atomic E-state index is 6.42. The summed E-state index contributed by atoms with van der Waals surface area (Å²) in [5.41, 5.74) is 13.3. The van der Waals surface area contributed by atoms with Gasteiger partial charge in [-0.25, -0.2) is 0 Å². The zero-order chi connectivity index (χ0) is 25.9. The van der Waals surface area contributed by atoms with Gasteiger partial charge in [0.25, 0.3) is 0 Å². The Bertz CT molecular complexity index is 2120. The van der Waals surface area contributed by atoms with Crippen molar-refractivity contribution in [3.05, 3.63) is 149 Å². The average molecular weight is 516 g/mol. The van der Waals surface area contributed by atoms with E-state index < -0.39 is 0 Å². The summed E-state index contributed by atoms with van der Waals surface area (Å²) in [6, 6.07) is 23.8. The van der Waals surface area contributed by atoms with E-state index in [9.17, 15) is 0 Å². The van der Waals surface area contributed by atoms with Crippen molar-refractivity contribution in [2.24, 2.45) is 0 Å². The Morgan fingerprint density at radius 3 is 2.75 bits per heavy atom.